The maximum Gasteiger partial charge on any atom is 0.164 e. The normalized spacial score (nSPS) is 12.0. The fourth-order valence-corrected chi connectivity index (χ4v) is 3.47. The van der Waals surface area contributed by atoms with Crippen molar-refractivity contribution in [2.75, 3.05) is 0 Å². The zero-order valence-electron chi connectivity index (χ0n) is 12.9. The van der Waals surface area contributed by atoms with Crippen LogP contribution in [0.1, 0.15) is 33.4 Å². The Morgan fingerprint density at radius 3 is 2.39 bits per heavy atom. The van der Waals surface area contributed by atoms with Crippen LogP contribution in [0.5, 0.6) is 0 Å². The Hall–Kier alpha value is -2.26. The van der Waals surface area contributed by atoms with Gasteiger partial charge in [-0.2, -0.15) is 0 Å². The van der Waals surface area contributed by atoms with Crippen molar-refractivity contribution in [3.8, 4) is 0 Å². The second kappa shape index (κ2) is 7.34. The van der Waals surface area contributed by atoms with Gasteiger partial charge in [0.05, 0.1) is 11.5 Å². The number of hydrogen-bond donors (Lipinski definition) is 0. The SMILES string of the molecule is Cc1ccc(S[C@@H](CC(=O)c2ccccc2)c2ccco2)cc1. The summed E-state index contributed by atoms with van der Waals surface area (Å²) in [7, 11) is 0. The third-order valence-electron chi connectivity index (χ3n) is 3.63. The van der Waals surface area contributed by atoms with Gasteiger partial charge in [0.25, 0.3) is 0 Å². The van der Waals surface area contributed by atoms with Crippen LogP contribution < -0.4 is 0 Å². The molecule has 0 saturated carbocycles. The number of carbonyl (C=O) groups is 1. The molecule has 3 rings (SSSR count). The lowest BCUT2D eigenvalue weighted by atomic mass is 10.1. The number of Topliss-reactive ketones (excluding diaryl/α,β-unsaturated/α-hetero) is 1. The van der Waals surface area contributed by atoms with Gasteiger partial charge in [0.2, 0.25) is 0 Å². The molecule has 0 fully saturated rings. The lowest BCUT2D eigenvalue weighted by Crippen LogP contribution is -2.04. The maximum absolute atomic E-state index is 12.5. The van der Waals surface area contributed by atoms with Crippen molar-refractivity contribution >= 4 is 17.5 Å². The number of carbonyl (C=O) groups excluding carboxylic acids is 1. The van der Waals surface area contributed by atoms with Gasteiger partial charge in [0.15, 0.2) is 5.78 Å². The number of rotatable bonds is 6. The van der Waals surface area contributed by atoms with Crippen molar-refractivity contribution in [3.05, 3.63) is 89.9 Å². The first-order chi connectivity index (χ1) is 11.2. The molecule has 0 bridgehead atoms. The molecule has 0 radical (unpaired) electrons. The number of hydrogen-bond acceptors (Lipinski definition) is 3. The smallest absolute Gasteiger partial charge is 0.164 e. The minimum Gasteiger partial charge on any atom is -0.468 e. The molecular weight excluding hydrogens is 304 g/mol. The molecule has 0 N–H and O–H groups in total. The average molecular weight is 322 g/mol. The van der Waals surface area contributed by atoms with Crippen LogP contribution in [0.3, 0.4) is 0 Å². The molecule has 0 amide bonds. The van der Waals surface area contributed by atoms with Crippen LogP contribution >= 0.6 is 11.8 Å². The number of benzene rings is 2. The number of furan rings is 1. The lowest BCUT2D eigenvalue weighted by Gasteiger charge is -2.14. The molecule has 1 atom stereocenters. The molecule has 3 heteroatoms. The van der Waals surface area contributed by atoms with Crippen LogP contribution in [0.15, 0.2) is 82.3 Å². The van der Waals surface area contributed by atoms with Crippen molar-refractivity contribution in [1.29, 1.82) is 0 Å². The monoisotopic (exact) mass is 322 g/mol. The van der Waals surface area contributed by atoms with E-state index in [-0.39, 0.29) is 11.0 Å². The summed E-state index contributed by atoms with van der Waals surface area (Å²) in [6, 6.07) is 21.6. The van der Waals surface area contributed by atoms with Gasteiger partial charge in [0, 0.05) is 16.9 Å². The van der Waals surface area contributed by atoms with Crippen molar-refractivity contribution in [2.45, 2.75) is 23.5 Å². The highest BCUT2D eigenvalue weighted by Gasteiger charge is 2.20. The van der Waals surface area contributed by atoms with Gasteiger partial charge in [-0.3, -0.25) is 4.79 Å². The molecule has 23 heavy (non-hydrogen) atoms. The van der Waals surface area contributed by atoms with Crippen LogP contribution in [0.2, 0.25) is 0 Å². The highest BCUT2D eigenvalue weighted by molar-refractivity contribution is 7.99. The van der Waals surface area contributed by atoms with Gasteiger partial charge in [-0.15, -0.1) is 11.8 Å². The predicted molar refractivity (Wildman–Crippen MR) is 93.9 cm³/mol. The second-order valence-corrected chi connectivity index (χ2v) is 6.70. The highest BCUT2D eigenvalue weighted by atomic mass is 32.2. The predicted octanol–water partition coefficient (Wildman–Crippen LogP) is 5.69. The zero-order valence-corrected chi connectivity index (χ0v) is 13.8. The number of aryl methyl sites for hydroxylation is 1. The van der Waals surface area contributed by atoms with E-state index in [0.29, 0.717) is 6.42 Å². The van der Waals surface area contributed by atoms with Crippen molar-refractivity contribution in [1.82, 2.24) is 0 Å². The minimum atomic E-state index is -0.0274. The molecule has 2 nitrogen and oxygen atoms in total. The first kappa shape index (κ1) is 15.6. The third-order valence-corrected chi connectivity index (χ3v) is 4.85. The molecule has 1 aromatic heterocycles. The van der Waals surface area contributed by atoms with E-state index in [9.17, 15) is 4.79 Å². The lowest BCUT2D eigenvalue weighted by molar-refractivity contribution is 0.0980. The van der Waals surface area contributed by atoms with Gasteiger partial charge < -0.3 is 4.42 Å². The summed E-state index contributed by atoms with van der Waals surface area (Å²) in [5.41, 5.74) is 1.97. The van der Waals surface area contributed by atoms with Crippen LogP contribution in [-0.4, -0.2) is 5.78 Å². The van der Waals surface area contributed by atoms with E-state index >= 15 is 0 Å². The average Bonchev–Trinajstić information content (AvgIpc) is 3.11. The van der Waals surface area contributed by atoms with E-state index in [1.54, 1.807) is 18.0 Å². The molecule has 0 aliphatic heterocycles. The Morgan fingerprint density at radius 1 is 1.00 bits per heavy atom. The molecule has 3 aromatic rings. The van der Waals surface area contributed by atoms with E-state index < -0.39 is 0 Å². The molecule has 0 aliphatic rings. The summed E-state index contributed by atoms with van der Waals surface area (Å²) in [5.74, 6) is 0.964. The molecule has 0 saturated heterocycles. The summed E-state index contributed by atoms with van der Waals surface area (Å²) < 4.78 is 5.56. The molecule has 0 spiro atoms. The number of thioether (sulfide) groups is 1. The summed E-state index contributed by atoms with van der Waals surface area (Å²) in [6.45, 7) is 2.07. The first-order valence-electron chi connectivity index (χ1n) is 7.57. The first-order valence-corrected chi connectivity index (χ1v) is 8.45. The Labute approximate surface area is 140 Å². The Balaban J connectivity index is 1.79. The Morgan fingerprint density at radius 2 is 1.74 bits per heavy atom. The maximum atomic E-state index is 12.5. The zero-order chi connectivity index (χ0) is 16.1. The minimum absolute atomic E-state index is 0.0274. The standard InChI is InChI=1S/C20H18O2S/c1-15-9-11-17(12-10-15)23-20(19-8-5-13-22-19)14-18(21)16-6-3-2-4-7-16/h2-13,20H,14H2,1H3/t20-/m0/s1. The van der Waals surface area contributed by atoms with E-state index in [1.165, 1.54) is 5.56 Å². The largest absolute Gasteiger partial charge is 0.468 e. The molecular formula is C20H18O2S. The van der Waals surface area contributed by atoms with Gasteiger partial charge in [-0.1, -0.05) is 48.0 Å². The van der Waals surface area contributed by atoms with Gasteiger partial charge >= 0.3 is 0 Å². The van der Waals surface area contributed by atoms with Gasteiger partial charge in [-0.25, -0.2) is 0 Å². The quantitative estimate of drug-likeness (QED) is 0.431. The van der Waals surface area contributed by atoms with E-state index in [1.807, 2.05) is 42.5 Å². The summed E-state index contributed by atoms with van der Waals surface area (Å²) in [5, 5.41) is -0.0274. The van der Waals surface area contributed by atoms with Crippen LogP contribution in [-0.2, 0) is 0 Å². The molecule has 0 aliphatic carbocycles. The summed E-state index contributed by atoms with van der Waals surface area (Å²) in [4.78, 5) is 13.7. The van der Waals surface area contributed by atoms with Gasteiger partial charge in [0.1, 0.15) is 5.76 Å². The van der Waals surface area contributed by atoms with Crippen LogP contribution in [0.25, 0.3) is 0 Å². The summed E-state index contributed by atoms with van der Waals surface area (Å²) in [6.07, 6.45) is 2.07. The van der Waals surface area contributed by atoms with Gasteiger partial charge in [-0.05, 0) is 31.2 Å². The number of ketones is 1. The molecule has 0 unspecified atom stereocenters. The second-order valence-electron chi connectivity index (χ2n) is 5.43. The van der Waals surface area contributed by atoms with Crippen LogP contribution in [0.4, 0.5) is 0 Å². The van der Waals surface area contributed by atoms with E-state index in [2.05, 4.69) is 31.2 Å². The summed E-state index contributed by atoms with van der Waals surface area (Å²) >= 11 is 1.66. The van der Waals surface area contributed by atoms with E-state index in [0.717, 1.165) is 16.2 Å². The third kappa shape index (κ3) is 4.14. The Bertz CT molecular complexity index is 746. The fraction of sp³-hybridized carbons (Fsp3) is 0.150. The van der Waals surface area contributed by atoms with E-state index in [4.69, 9.17) is 4.42 Å². The highest BCUT2D eigenvalue weighted by Crippen LogP contribution is 2.38. The molecule has 2 aromatic carbocycles. The van der Waals surface area contributed by atoms with Crippen molar-refractivity contribution in [3.63, 3.8) is 0 Å². The molecule has 116 valence electrons. The fourth-order valence-electron chi connectivity index (χ4n) is 2.37. The molecule has 1 heterocycles. The van der Waals surface area contributed by atoms with Crippen LogP contribution in [0, 0.1) is 6.92 Å². The van der Waals surface area contributed by atoms with Crippen molar-refractivity contribution in [2.24, 2.45) is 0 Å². The van der Waals surface area contributed by atoms with Crippen molar-refractivity contribution < 1.29 is 9.21 Å². The topological polar surface area (TPSA) is 30.2 Å². The Kier molecular flexibility index (Phi) is 4.99.